The van der Waals surface area contributed by atoms with Crippen molar-refractivity contribution in [2.45, 2.75) is 45.6 Å². The number of carbonyl (C=O) groups is 3. The Morgan fingerprint density at radius 1 is 0.968 bits per heavy atom. The van der Waals surface area contributed by atoms with Gasteiger partial charge in [-0.05, 0) is 25.0 Å². The third kappa shape index (κ3) is 4.99. The van der Waals surface area contributed by atoms with E-state index in [0.29, 0.717) is 19.3 Å². The Balaban J connectivity index is 0.00000341. The van der Waals surface area contributed by atoms with Crippen molar-refractivity contribution in [3.63, 3.8) is 0 Å². The van der Waals surface area contributed by atoms with Crippen LogP contribution >= 0.6 is 0 Å². The van der Waals surface area contributed by atoms with Crippen molar-refractivity contribution in [2.24, 2.45) is 5.92 Å². The minimum absolute atomic E-state index is 0. The van der Waals surface area contributed by atoms with Crippen LogP contribution < -0.4 is 5.32 Å². The monoisotopic (exact) mass is 428 g/mol. The third-order valence-electron chi connectivity index (χ3n) is 5.50. The first-order chi connectivity index (χ1) is 14.5. The number of carbonyl (C=O) groups excluding carboxylic acids is 3. The zero-order chi connectivity index (χ0) is 21.7. The number of nitrogens with zero attached hydrogens (tertiary/aromatic N) is 1. The average Bonchev–Trinajstić information content (AvgIpc) is 3.11. The number of hydrogen-bond donors (Lipinski definition) is 1. The van der Waals surface area contributed by atoms with Gasteiger partial charge in [0.25, 0.3) is 0 Å². The molecule has 0 saturated heterocycles. The highest BCUT2D eigenvalue weighted by Gasteiger charge is 2.27. The number of benzene rings is 2. The highest BCUT2D eigenvalue weighted by Crippen LogP contribution is 2.29. The van der Waals surface area contributed by atoms with Gasteiger partial charge < -0.3 is 10.8 Å². The van der Waals surface area contributed by atoms with Crippen LogP contribution in [0.1, 0.15) is 44.3 Å². The van der Waals surface area contributed by atoms with Crippen molar-refractivity contribution in [2.75, 3.05) is 6.67 Å². The van der Waals surface area contributed by atoms with Gasteiger partial charge in [-0.15, -0.1) is 0 Å². The van der Waals surface area contributed by atoms with E-state index in [1.807, 2.05) is 55.5 Å². The van der Waals surface area contributed by atoms with Crippen LogP contribution in [0.2, 0.25) is 0 Å². The summed E-state index contributed by atoms with van der Waals surface area (Å²) in [6.45, 7) is 2.54. The average molecular weight is 429 g/mol. The van der Waals surface area contributed by atoms with Crippen molar-refractivity contribution < 1.29 is 24.3 Å². The summed E-state index contributed by atoms with van der Waals surface area (Å²) in [7, 11) is 0. The van der Waals surface area contributed by atoms with E-state index in [1.165, 1.54) is 0 Å². The molecule has 0 bridgehead atoms. The van der Waals surface area contributed by atoms with E-state index in [9.17, 15) is 18.8 Å². The van der Waals surface area contributed by atoms with Crippen LogP contribution in [-0.4, -0.2) is 40.4 Å². The molecule has 1 aromatic heterocycles. The smallest absolute Gasteiger partial charge is 0.232 e. The Kier molecular flexibility index (Phi) is 8.45. The molecular weight excluding hydrogens is 399 g/mol. The first-order valence-electron chi connectivity index (χ1n) is 10.4. The maximum Gasteiger partial charge on any atom is 0.232 e. The number of fused-ring (bicyclic) bond motifs is 3. The molecule has 0 radical (unpaired) electrons. The lowest BCUT2D eigenvalue weighted by Crippen LogP contribution is -2.44. The summed E-state index contributed by atoms with van der Waals surface area (Å²) in [4.78, 5) is 37.8. The van der Waals surface area contributed by atoms with Gasteiger partial charge in [-0.3, -0.25) is 19.0 Å². The van der Waals surface area contributed by atoms with E-state index in [1.54, 1.807) is 11.5 Å². The first-order valence-corrected chi connectivity index (χ1v) is 10.4. The van der Waals surface area contributed by atoms with Crippen LogP contribution in [0.25, 0.3) is 21.8 Å². The van der Waals surface area contributed by atoms with Gasteiger partial charge in [0.2, 0.25) is 11.8 Å². The minimum Gasteiger partial charge on any atom is -0.412 e. The second-order valence-electron chi connectivity index (χ2n) is 7.52. The standard InChI is InChI=1S/C24H27FN2O3.H2O/c1-3-9-16(24(30)26-19(4-2)22(28)15-25)14-23(29)27-20-12-7-5-10-17(20)18-11-6-8-13-21(18)27;/h5-8,10-13,16,19H,3-4,9,14-15H2,1-2H3,(H,26,30);1H2/t16-,19?;/m1./s1. The normalized spacial score (nSPS) is 12.9. The fourth-order valence-corrected chi connectivity index (χ4v) is 3.96. The second-order valence-corrected chi connectivity index (χ2v) is 7.52. The molecule has 0 fully saturated rings. The van der Waals surface area contributed by atoms with Crippen LogP contribution in [0.15, 0.2) is 48.5 Å². The maximum absolute atomic E-state index is 13.3. The number of Topliss-reactive ketones (excluding diaryl/α,β-unsaturated/α-hetero) is 1. The quantitative estimate of drug-likeness (QED) is 0.560. The second kappa shape index (κ2) is 10.8. The number of rotatable bonds is 9. The molecule has 166 valence electrons. The highest BCUT2D eigenvalue weighted by atomic mass is 19.1. The molecule has 0 aliphatic heterocycles. The Morgan fingerprint density at radius 3 is 2.00 bits per heavy atom. The van der Waals surface area contributed by atoms with Gasteiger partial charge in [0.1, 0.15) is 6.67 Å². The van der Waals surface area contributed by atoms with Gasteiger partial charge >= 0.3 is 0 Å². The summed E-state index contributed by atoms with van der Waals surface area (Å²) in [6.07, 6.45) is 1.55. The molecule has 1 heterocycles. The number of halogens is 1. The fraction of sp³-hybridized carbons (Fsp3) is 0.375. The number of hydrogen-bond acceptors (Lipinski definition) is 3. The number of ketones is 1. The third-order valence-corrected chi connectivity index (χ3v) is 5.50. The minimum atomic E-state index is -1.11. The van der Waals surface area contributed by atoms with Crippen molar-refractivity contribution in [1.29, 1.82) is 0 Å². The molecule has 0 aliphatic carbocycles. The Bertz CT molecular complexity index is 1020. The molecule has 6 nitrogen and oxygen atoms in total. The van der Waals surface area contributed by atoms with Crippen molar-refractivity contribution in [3.05, 3.63) is 48.5 Å². The molecule has 3 aromatic rings. The largest absolute Gasteiger partial charge is 0.412 e. The number of nitrogens with one attached hydrogen (secondary N) is 1. The Morgan fingerprint density at radius 2 is 1.52 bits per heavy atom. The molecule has 3 N–H and O–H groups in total. The summed E-state index contributed by atoms with van der Waals surface area (Å²) < 4.78 is 14.4. The van der Waals surface area contributed by atoms with Gasteiger partial charge in [0.15, 0.2) is 5.78 Å². The topological polar surface area (TPSA) is 99.7 Å². The van der Waals surface area contributed by atoms with Crippen molar-refractivity contribution >= 4 is 39.4 Å². The van der Waals surface area contributed by atoms with Crippen LogP contribution in [-0.2, 0) is 9.59 Å². The van der Waals surface area contributed by atoms with Gasteiger partial charge in [0.05, 0.1) is 17.1 Å². The molecule has 31 heavy (non-hydrogen) atoms. The first kappa shape index (κ1) is 24.2. The van der Waals surface area contributed by atoms with E-state index in [0.717, 1.165) is 21.8 Å². The predicted molar refractivity (Wildman–Crippen MR) is 120 cm³/mol. The molecule has 2 aromatic carbocycles. The molecular formula is C24H29FN2O4. The van der Waals surface area contributed by atoms with E-state index in [2.05, 4.69) is 5.32 Å². The van der Waals surface area contributed by atoms with Gasteiger partial charge in [-0.2, -0.15) is 0 Å². The number of para-hydroxylation sites is 2. The predicted octanol–water partition coefficient (Wildman–Crippen LogP) is 3.85. The zero-order valence-corrected chi connectivity index (χ0v) is 17.9. The summed E-state index contributed by atoms with van der Waals surface area (Å²) in [5.74, 6) is -1.77. The van der Waals surface area contributed by atoms with Crippen molar-refractivity contribution in [1.82, 2.24) is 9.88 Å². The van der Waals surface area contributed by atoms with Gasteiger partial charge in [-0.25, -0.2) is 4.39 Å². The SMILES string of the molecule is CCC[C@H](CC(=O)n1c2ccccc2c2ccccc21)C(=O)NC(CC)C(=O)CF.O. The number of aromatic nitrogens is 1. The van der Waals surface area contributed by atoms with Crippen LogP contribution in [0.4, 0.5) is 4.39 Å². The molecule has 1 amide bonds. The summed E-state index contributed by atoms with van der Waals surface area (Å²) in [5, 5.41) is 4.60. The van der Waals surface area contributed by atoms with Crippen molar-refractivity contribution in [3.8, 4) is 0 Å². The van der Waals surface area contributed by atoms with E-state index in [-0.39, 0.29) is 23.7 Å². The molecule has 0 spiro atoms. The number of alkyl halides is 1. The van der Waals surface area contributed by atoms with Crippen LogP contribution in [0.5, 0.6) is 0 Å². The fourth-order valence-electron chi connectivity index (χ4n) is 3.96. The summed E-state index contributed by atoms with van der Waals surface area (Å²) in [5.41, 5.74) is 1.61. The summed E-state index contributed by atoms with van der Waals surface area (Å²) >= 11 is 0. The Labute approximate surface area is 180 Å². The lowest BCUT2D eigenvalue weighted by molar-refractivity contribution is -0.130. The highest BCUT2D eigenvalue weighted by molar-refractivity contribution is 6.13. The molecule has 0 aliphatic rings. The number of amides is 1. The maximum atomic E-state index is 13.3. The molecule has 7 heteroatoms. The van der Waals surface area contributed by atoms with E-state index in [4.69, 9.17) is 0 Å². The van der Waals surface area contributed by atoms with Crippen LogP contribution in [0, 0.1) is 5.92 Å². The lowest BCUT2D eigenvalue weighted by atomic mass is 9.97. The molecule has 3 rings (SSSR count). The van der Waals surface area contributed by atoms with Crippen LogP contribution in [0.3, 0.4) is 0 Å². The zero-order valence-electron chi connectivity index (χ0n) is 17.9. The van der Waals surface area contributed by atoms with E-state index < -0.39 is 24.4 Å². The van der Waals surface area contributed by atoms with Gasteiger partial charge in [0, 0.05) is 23.1 Å². The molecule has 1 unspecified atom stereocenters. The summed E-state index contributed by atoms with van der Waals surface area (Å²) in [6, 6.07) is 14.5. The molecule has 2 atom stereocenters. The Hall–Kier alpha value is -3.06. The van der Waals surface area contributed by atoms with Gasteiger partial charge in [-0.1, -0.05) is 56.7 Å². The lowest BCUT2D eigenvalue weighted by Gasteiger charge is -2.20. The van der Waals surface area contributed by atoms with E-state index >= 15 is 0 Å². The molecule has 0 saturated carbocycles.